The molecule has 22 heavy (non-hydrogen) atoms. The van der Waals surface area contributed by atoms with Gasteiger partial charge in [0.05, 0.1) is 20.3 Å². The Hall–Kier alpha value is -1.30. The number of likely N-dealkylation sites (tertiary alicyclic amines) is 1. The molecule has 5 nitrogen and oxygen atoms in total. The van der Waals surface area contributed by atoms with E-state index in [1.807, 2.05) is 24.3 Å². The molecule has 1 aromatic rings. The molecule has 0 aromatic heterocycles. The number of methoxy groups -OCH3 is 1. The van der Waals surface area contributed by atoms with Crippen molar-refractivity contribution < 1.29 is 14.6 Å². The fourth-order valence-corrected chi connectivity index (χ4v) is 2.93. The van der Waals surface area contributed by atoms with Crippen LogP contribution in [0.15, 0.2) is 24.3 Å². The van der Waals surface area contributed by atoms with E-state index in [1.165, 1.54) is 0 Å². The summed E-state index contributed by atoms with van der Waals surface area (Å²) in [5.74, 6) is 1.71. The summed E-state index contributed by atoms with van der Waals surface area (Å²) in [5, 5.41) is 9.52. The maximum atomic E-state index is 9.52. The van der Waals surface area contributed by atoms with Gasteiger partial charge in [-0.25, -0.2) is 0 Å². The average Bonchev–Trinajstić information content (AvgIpc) is 2.95. The van der Waals surface area contributed by atoms with E-state index in [0.717, 1.165) is 37.4 Å². The monoisotopic (exact) mass is 308 g/mol. The molecule has 0 saturated carbocycles. The van der Waals surface area contributed by atoms with Gasteiger partial charge < -0.3 is 19.5 Å². The lowest BCUT2D eigenvalue weighted by atomic mass is 10.1. The van der Waals surface area contributed by atoms with Crippen molar-refractivity contribution in [1.29, 1.82) is 0 Å². The van der Waals surface area contributed by atoms with Crippen LogP contribution < -0.4 is 9.47 Å². The third-order valence-electron chi connectivity index (χ3n) is 4.36. The van der Waals surface area contributed by atoms with Crippen molar-refractivity contribution in [1.82, 2.24) is 9.80 Å². The minimum Gasteiger partial charge on any atom is -0.497 e. The quantitative estimate of drug-likeness (QED) is 0.737. The highest BCUT2D eigenvalue weighted by Crippen LogP contribution is 2.21. The van der Waals surface area contributed by atoms with Crippen LogP contribution in [0.2, 0.25) is 0 Å². The Morgan fingerprint density at radius 1 is 1.23 bits per heavy atom. The number of rotatable bonds is 8. The number of hydrogen-bond acceptors (Lipinski definition) is 5. The van der Waals surface area contributed by atoms with Crippen LogP contribution in [0.5, 0.6) is 11.5 Å². The SMILES string of the molecule is COc1ccc(OCCCN2C[C@H](N(C)C)C[C@H]2CO)cc1. The van der Waals surface area contributed by atoms with E-state index in [4.69, 9.17) is 9.47 Å². The molecule has 124 valence electrons. The molecule has 2 rings (SSSR count). The number of aliphatic hydroxyl groups is 1. The number of ether oxygens (including phenoxy) is 2. The molecule has 0 aliphatic carbocycles. The highest BCUT2D eigenvalue weighted by molar-refractivity contribution is 5.31. The minimum absolute atomic E-state index is 0.240. The minimum atomic E-state index is 0.240. The zero-order valence-corrected chi connectivity index (χ0v) is 13.9. The van der Waals surface area contributed by atoms with Gasteiger partial charge in [-0.05, 0) is 51.2 Å². The van der Waals surface area contributed by atoms with E-state index >= 15 is 0 Å². The summed E-state index contributed by atoms with van der Waals surface area (Å²) in [6.07, 6.45) is 2.01. The Kier molecular flexibility index (Phi) is 6.49. The first-order valence-electron chi connectivity index (χ1n) is 7.92. The van der Waals surface area contributed by atoms with Crippen molar-refractivity contribution >= 4 is 0 Å². The lowest BCUT2D eigenvalue weighted by molar-refractivity contribution is 0.150. The molecule has 0 radical (unpaired) electrons. The van der Waals surface area contributed by atoms with Gasteiger partial charge in [-0.15, -0.1) is 0 Å². The van der Waals surface area contributed by atoms with Gasteiger partial charge in [0.1, 0.15) is 11.5 Å². The second kappa shape index (κ2) is 8.36. The van der Waals surface area contributed by atoms with Crippen molar-refractivity contribution in [3.63, 3.8) is 0 Å². The highest BCUT2D eigenvalue weighted by Gasteiger charge is 2.31. The molecular formula is C17H28N2O3. The van der Waals surface area contributed by atoms with E-state index in [2.05, 4.69) is 23.9 Å². The van der Waals surface area contributed by atoms with Crippen molar-refractivity contribution in [2.45, 2.75) is 24.9 Å². The smallest absolute Gasteiger partial charge is 0.119 e. The van der Waals surface area contributed by atoms with Crippen LogP contribution in [0.3, 0.4) is 0 Å². The van der Waals surface area contributed by atoms with Gasteiger partial charge in [-0.1, -0.05) is 0 Å². The van der Waals surface area contributed by atoms with E-state index in [1.54, 1.807) is 7.11 Å². The molecule has 0 unspecified atom stereocenters. The standard InChI is InChI=1S/C17H28N2O3/c1-18(2)14-11-15(13-20)19(12-14)9-4-10-22-17-7-5-16(21-3)6-8-17/h5-8,14-15,20H,4,9-13H2,1-3H3/t14-,15+/m1/s1. The number of hydrogen-bond donors (Lipinski definition) is 1. The Morgan fingerprint density at radius 2 is 1.91 bits per heavy atom. The molecule has 1 aliphatic heterocycles. The molecule has 1 aromatic carbocycles. The molecule has 1 fully saturated rings. The number of likely N-dealkylation sites (N-methyl/N-ethyl adjacent to an activating group) is 1. The van der Waals surface area contributed by atoms with Crippen LogP contribution in [-0.2, 0) is 0 Å². The molecule has 1 heterocycles. The van der Waals surface area contributed by atoms with Gasteiger partial charge in [0.25, 0.3) is 0 Å². The average molecular weight is 308 g/mol. The fourth-order valence-electron chi connectivity index (χ4n) is 2.93. The summed E-state index contributed by atoms with van der Waals surface area (Å²) in [6, 6.07) is 8.48. The van der Waals surface area contributed by atoms with Crippen molar-refractivity contribution in [3.05, 3.63) is 24.3 Å². The summed E-state index contributed by atoms with van der Waals surface area (Å²) in [5.41, 5.74) is 0. The van der Waals surface area contributed by atoms with Crippen LogP contribution >= 0.6 is 0 Å². The first-order valence-corrected chi connectivity index (χ1v) is 7.92. The van der Waals surface area contributed by atoms with Crippen molar-refractivity contribution in [2.75, 3.05) is 47.5 Å². The van der Waals surface area contributed by atoms with Gasteiger partial charge in [0.15, 0.2) is 0 Å². The fraction of sp³-hybridized carbons (Fsp3) is 0.647. The zero-order valence-electron chi connectivity index (χ0n) is 13.9. The summed E-state index contributed by atoms with van der Waals surface area (Å²) in [7, 11) is 5.87. The maximum Gasteiger partial charge on any atom is 0.119 e. The van der Waals surface area contributed by atoms with Crippen LogP contribution in [0.25, 0.3) is 0 Å². The van der Waals surface area contributed by atoms with Crippen LogP contribution in [0.1, 0.15) is 12.8 Å². The summed E-state index contributed by atoms with van der Waals surface area (Å²) >= 11 is 0. The van der Waals surface area contributed by atoms with Crippen LogP contribution in [-0.4, -0.2) is 74.5 Å². The third-order valence-corrected chi connectivity index (χ3v) is 4.36. The third kappa shape index (κ3) is 4.60. The largest absolute Gasteiger partial charge is 0.497 e. The molecule has 1 N–H and O–H groups in total. The predicted octanol–water partition coefficient (Wildman–Crippen LogP) is 1.46. The molecule has 2 atom stereocenters. The molecule has 1 saturated heterocycles. The zero-order chi connectivity index (χ0) is 15.9. The van der Waals surface area contributed by atoms with Crippen LogP contribution in [0.4, 0.5) is 0 Å². The van der Waals surface area contributed by atoms with E-state index in [-0.39, 0.29) is 12.6 Å². The van der Waals surface area contributed by atoms with E-state index in [0.29, 0.717) is 12.6 Å². The van der Waals surface area contributed by atoms with E-state index < -0.39 is 0 Å². The molecule has 5 heteroatoms. The molecule has 0 amide bonds. The lowest BCUT2D eigenvalue weighted by Gasteiger charge is -2.22. The number of aliphatic hydroxyl groups excluding tert-OH is 1. The van der Waals surface area contributed by atoms with Gasteiger partial charge in [0, 0.05) is 25.2 Å². The van der Waals surface area contributed by atoms with Gasteiger partial charge in [0.2, 0.25) is 0 Å². The number of nitrogens with zero attached hydrogens (tertiary/aromatic N) is 2. The maximum absolute atomic E-state index is 9.52. The first kappa shape index (κ1) is 17.1. The van der Waals surface area contributed by atoms with Gasteiger partial charge >= 0.3 is 0 Å². The van der Waals surface area contributed by atoms with E-state index in [9.17, 15) is 5.11 Å². The highest BCUT2D eigenvalue weighted by atomic mass is 16.5. The summed E-state index contributed by atoms with van der Waals surface area (Å²) in [4.78, 5) is 4.62. The Balaban J connectivity index is 1.71. The Bertz CT molecular complexity index is 436. The topological polar surface area (TPSA) is 45.2 Å². The summed E-state index contributed by atoms with van der Waals surface area (Å²) in [6.45, 7) is 2.92. The normalized spacial score (nSPS) is 22.2. The molecule has 0 spiro atoms. The summed E-state index contributed by atoms with van der Waals surface area (Å²) < 4.78 is 10.9. The molecule has 0 bridgehead atoms. The second-order valence-corrected chi connectivity index (χ2v) is 6.06. The van der Waals surface area contributed by atoms with Crippen molar-refractivity contribution in [2.24, 2.45) is 0 Å². The first-order chi connectivity index (χ1) is 10.6. The van der Waals surface area contributed by atoms with Gasteiger partial charge in [-0.2, -0.15) is 0 Å². The number of benzene rings is 1. The Morgan fingerprint density at radius 3 is 2.50 bits per heavy atom. The predicted molar refractivity (Wildman–Crippen MR) is 87.6 cm³/mol. The second-order valence-electron chi connectivity index (χ2n) is 6.06. The molecular weight excluding hydrogens is 280 g/mol. The lowest BCUT2D eigenvalue weighted by Crippen LogP contribution is -2.35. The molecule has 1 aliphatic rings. The van der Waals surface area contributed by atoms with Gasteiger partial charge in [-0.3, -0.25) is 4.90 Å². The van der Waals surface area contributed by atoms with Crippen molar-refractivity contribution in [3.8, 4) is 11.5 Å². The van der Waals surface area contributed by atoms with Crippen LogP contribution in [0, 0.1) is 0 Å². The Labute approximate surface area is 133 Å².